The summed E-state index contributed by atoms with van der Waals surface area (Å²) in [7, 11) is 1.09. The first-order chi connectivity index (χ1) is 8.04. The highest BCUT2D eigenvalue weighted by molar-refractivity contribution is 5.99. The van der Waals surface area contributed by atoms with Gasteiger partial charge in [-0.3, -0.25) is 4.79 Å². The Kier molecular flexibility index (Phi) is 2.55. The molecule has 17 heavy (non-hydrogen) atoms. The number of pyridine rings is 1. The van der Waals surface area contributed by atoms with Crippen molar-refractivity contribution in [1.29, 1.82) is 0 Å². The highest BCUT2D eigenvalue weighted by atomic mass is 19.1. The molecule has 2 N–H and O–H groups in total. The molecule has 0 saturated carbocycles. The molecule has 6 heteroatoms. The maximum absolute atomic E-state index is 12.9. The van der Waals surface area contributed by atoms with Crippen molar-refractivity contribution in [2.45, 2.75) is 0 Å². The number of hydrogen-bond donors (Lipinski definition) is 2. The van der Waals surface area contributed by atoms with Gasteiger partial charge in [-0.1, -0.05) is 0 Å². The van der Waals surface area contributed by atoms with Gasteiger partial charge in [-0.15, -0.1) is 0 Å². The molecule has 0 aliphatic carbocycles. The molecule has 0 spiro atoms. The number of carbonyl (C=O) groups excluding carboxylic acids is 1. The van der Waals surface area contributed by atoms with E-state index >= 15 is 0 Å². The molecule has 0 bridgehead atoms. The molecule has 0 unspecified atom stereocenters. The Hall–Kier alpha value is -2.37. The van der Waals surface area contributed by atoms with Crippen LogP contribution in [-0.2, 0) is 4.74 Å². The van der Waals surface area contributed by atoms with Crippen LogP contribution in [0.4, 0.5) is 4.39 Å². The highest BCUT2D eigenvalue weighted by Gasteiger charge is 2.19. The smallest absolute Gasteiger partial charge is 0.347 e. The number of rotatable bonds is 1. The lowest BCUT2D eigenvalue weighted by atomic mass is 10.1. The van der Waals surface area contributed by atoms with E-state index in [9.17, 15) is 19.1 Å². The van der Waals surface area contributed by atoms with Crippen LogP contribution in [0.5, 0.6) is 5.75 Å². The number of esters is 1. The molecule has 0 aliphatic rings. The average Bonchev–Trinajstić information content (AvgIpc) is 2.28. The minimum Gasteiger partial charge on any atom is -0.506 e. The van der Waals surface area contributed by atoms with Crippen LogP contribution in [0.15, 0.2) is 23.0 Å². The van der Waals surface area contributed by atoms with Gasteiger partial charge in [0.2, 0.25) is 0 Å². The number of H-pyrrole nitrogens is 1. The molecule has 0 atom stereocenters. The maximum Gasteiger partial charge on any atom is 0.347 e. The second-order valence-corrected chi connectivity index (χ2v) is 3.36. The zero-order valence-electron chi connectivity index (χ0n) is 8.78. The Labute approximate surface area is 94.5 Å². The molecule has 1 aromatic carbocycles. The number of carbonyl (C=O) groups is 1. The predicted octanol–water partition coefficient (Wildman–Crippen LogP) is 1.16. The summed E-state index contributed by atoms with van der Waals surface area (Å²) in [5.41, 5.74) is -1.21. The minimum absolute atomic E-state index is 0.111. The standard InChI is InChI=1S/C11H8FNO4/c1-17-11(16)8-9(14)6-3-2-5(12)4-7(6)13-10(8)15/h2-4H,1H3,(H2,13,14,15). The molecule has 0 radical (unpaired) electrons. The Morgan fingerprint density at radius 2 is 2.18 bits per heavy atom. The van der Waals surface area contributed by atoms with E-state index in [0.29, 0.717) is 0 Å². The van der Waals surface area contributed by atoms with E-state index in [1.807, 2.05) is 0 Å². The zero-order chi connectivity index (χ0) is 12.6. The van der Waals surface area contributed by atoms with E-state index in [1.54, 1.807) is 0 Å². The molecule has 1 aromatic heterocycles. The van der Waals surface area contributed by atoms with Crippen molar-refractivity contribution in [3.05, 3.63) is 39.9 Å². The highest BCUT2D eigenvalue weighted by Crippen LogP contribution is 2.25. The maximum atomic E-state index is 12.9. The fraction of sp³-hybridized carbons (Fsp3) is 0.0909. The Bertz CT molecular complexity index is 662. The van der Waals surface area contributed by atoms with Crippen LogP contribution >= 0.6 is 0 Å². The van der Waals surface area contributed by atoms with Crippen LogP contribution < -0.4 is 5.56 Å². The first-order valence-electron chi connectivity index (χ1n) is 4.67. The quantitative estimate of drug-likeness (QED) is 0.729. The third-order valence-electron chi connectivity index (χ3n) is 2.34. The van der Waals surface area contributed by atoms with Gasteiger partial charge < -0.3 is 14.8 Å². The summed E-state index contributed by atoms with van der Waals surface area (Å²) in [5.74, 6) is -2.02. The zero-order valence-corrected chi connectivity index (χ0v) is 8.78. The van der Waals surface area contributed by atoms with Crippen LogP contribution in [0.1, 0.15) is 10.4 Å². The number of methoxy groups -OCH3 is 1. The first-order valence-corrected chi connectivity index (χ1v) is 4.67. The number of aromatic nitrogens is 1. The molecule has 1 heterocycles. The van der Waals surface area contributed by atoms with Gasteiger partial charge in [0.25, 0.3) is 5.56 Å². The summed E-state index contributed by atoms with van der Waals surface area (Å²) in [6, 6.07) is 3.43. The number of aromatic hydroxyl groups is 1. The van der Waals surface area contributed by atoms with Crippen molar-refractivity contribution in [3.8, 4) is 5.75 Å². The first kappa shape index (κ1) is 11.1. The van der Waals surface area contributed by atoms with Crippen LogP contribution in [-0.4, -0.2) is 23.2 Å². The van der Waals surface area contributed by atoms with Crippen molar-refractivity contribution in [2.75, 3.05) is 7.11 Å². The van der Waals surface area contributed by atoms with Crippen LogP contribution in [0.2, 0.25) is 0 Å². The number of fused-ring (bicyclic) bond motifs is 1. The van der Waals surface area contributed by atoms with E-state index < -0.39 is 28.7 Å². The van der Waals surface area contributed by atoms with Gasteiger partial charge in [0.15, 0.2) is 5.56 Å². The molecule has 0 fully saturated rings. The van der Waals surface area contributed by atoms with Crippen LogP contribution in [0, 0.1) is 5.82 Å². The van der Waals surface area contributed by atoms with Gasteiger partial charge in [-0.05, 0) is 18.2 Å². The molecule has 0 amide bonds. The molecule has 2 aromatic rings. The van der Waals surface area contributed by atoms with E-state index in [4.69, 9.17) is 0 Å². The van der Waals surface area contributed by atoms with E-state index in [1.165, 1.54) is 6.07 Å². The molecule has 88 valence electrons. The predicted molar refractivity (Wildman–Crippen MR) is 57.5 cm³/mol. The SMILES string of the molecule is COC(=O)c1c(O)c2ccc(F)cc2[nH]c1=O. The van der Waals surface area contributed by atoms with Gasteiger partial charge in [0.05, 0.1) is 12.6 Å². The summed E-state index contributed by atoms with van der Waals surface area (Å²) in [6.45, 7) is 0. The lowest BCUT2D eigenvalue weighted by Crippen LogP contribution is -2.19. The topological polar surface area (TPSA) is 79.4 Å². The van der Waals surface area contributed by atoms with Gasteiger partial charge in [-0.25, -0.2) is 9.18 Å². The van der Waals surface area contributed by atoms with Gasteiger partial charge >= 0.3 is 5.97 Å². The van der Waals surface area contributed by atoms with Gasteiger partial charge in [0.1, 0.15) is 11.6 Å². The largest absolute Gasteiger partial charge is 0.506 e. The van der Waals surface area contributed by atoms with Crippen molar-refractivity contribution in [1.82, 2.24) is 4.98 Å². The van der Waals surface area contributed by atoms with Crippen molar-refractivity contribution < 1.29 is 19.0 Å². The average molecular weight is 237 g/mol. The number of benzene rings is 1. The monoisotopic (exact) mass is 237 g/mol. The molecule has 0 saturated heterocycles. The fourth-order valence-corrected chi connectivity index (χ4v) is 1.54. The van der Waals surface area contributed by atoms with Crippen molar-refractivity contribution in [2.24, 2.45) is 0 Å². The van der Waals surface area contributed by atoms with Crippen LogP contribution in [0.3, 0.4) is 0 Å². The summed E-state index contributed by atoms with van der Waals surface area (Å²) in [6.07, 6.45) is 0. The number of hydrogen-bond acceptors (Lipinski definition) is 4. The summed E-state index contributed by atoms with van der Waals surface area (Å²) >= 11 is 0. The lowest BCUT2D eigenvalue weighted by Gasteiger charge is -2.05. The minimum atomic E-state index is -0.949. The number of nitrogens with one attached hydrogen (secondary N) is 1. The Balaban J connectivity index is 2.85. The second-order valence-electron chi connectivity index (χ2n) is 3.36. The molecule has 2 rings (SSSR count). The van der Waals surface area contributed by atoms with E-state index in [2.05, 4.69) is 9.72 Å². The van der Waals surface area contributed by atoms with Gasteiger partial charge in [0, 0.05) is 5.39 Å². The second kappa shape index (κ2) is 3.89. The summed E-state index contributed by atoms with van der Waals surface area (Å²) in [4.78, 5) is 25.1. The van der Waals surface area contributed by atoms with Crippen molar-refractivity contribution in [3.63, 3.8) is 0 Å². The number of ether oxygens (including phenoxy) is 1. The Morgan fingerprint density at radius 3 is 2.82 bits per heavy atom. The van der Waals surface area contributed by atoms with E-state index in [-0.39, 0.29) is 10.9 Å². The third kappa shape index (κ3) is 1.73. The normalized spacial score (nSPS) is 10.5. The Morgan fingerprint density at radius 1 is 1.47 bits per heavy atom. The lowest BCUT2D eigenvalue weighted by molar-refractivity contribution is 0.0595. The fourth-order valence-electron chi connectivity index (χ4n) is 1.54. The van der Waals surface area contributed by atoms with Crippen molar-refractivity contribution >= 4 is 16.9 Å². The van der Waals surface area contributed by atoms with Crippen LogP contribution in [0.25, 0.3) is 10.9 Å². The number of aromatic amines is 1. The molecular weight excluding hydrogens is 229 g/mol. The number of halogens is 1. The molecule has 0 aliphatic heterocycles. The van der Waals surface area contributed by atoms with E-state index in [0.717, 1.165) is 19.2 Å². The third-order valence-corrected chi connectivity index (χ3v) is 2.34. The summed E-state index contributed by atoms with van der Waals surface area (Å²) in [5, 5.41) is 9.95. The summed E-state index contributed by atoms with van der Waals surface area (Å²) < 4.78 is 17.3. The molecular formula is C11H8FNO4. The van der Waals surface area contributed by atoms with Gasteiger partial charge in [-0.2, -0.15) is 0 Å². The molecule has 5 nitrogen and oxygen atoms in total.